The van der Waals surface area contributed by atoms with E-state index in [2.05, 4.69) is 20.2 Å². The second-order valence-corrected chi connectivity index (χ2v) is 8.95. The first-order chi connectivity index (χ1) is 15.0. The van der Waals surface area contributed by atoms with E-state index in [0.717, 1.165) is 29.1 Å². The van der Waals surface area contributed by atoms with Gasteiger partial charge >= 0.3 is 6.18 Å². The van der Waals surface area contributed by atoms with Gasteiger partial charge < -0.3 is 14.7 Å². The van der Waals surface area contributed by atoms with Gasteiger partial charge in [-0.1, -0.05) is 6.92 Å². The number of nitrogens with one attached hydrogen (secondary N) is 1. The summed E-state index contributed by atoms with van der Waals surface area (Å²) in [6, 6.07) is 3.54. The number of aromatic amines is 1. The van der Waals surface area contributed by atoms with Crippen LogP contribution in [-0.4, -0.2) is 68.1 Å². The number of nitrogens with zero attached hydrogens (tertiary/aromatic N) is 4. The molecule has 32 heavy (non-hydrogen) atoms. The SMILES string of the molecule is COc1ccc(-c2n[nH]c(C3([C@H]4CCN(C(=O)[C@@](C)(O)C(F)(F)F)C[C@H]4C)CC3)n2)cn1. The van der Waals surface area contributed by atoms with Gasteiger partial charge in [0.2, 0.25) is 11.5 Å². The second kappa shape index (κ2) is 7.72. The molecule has 0 unspecified atom stereocenters. The first-order valence-electron chi connectivity index (χ1n) is 10.5. The maximum Gasteiger partial charge on any atom is 0.426 e. The minimum Gasteiger partial charge on any atom is -0.481 e. The van der Waals surface area contributed by atoms with Crippen molar-refractivity contribution in [2.24, 2.45) is 11.8 Å². The van der Waals surface area contributed by atoms with Crippen LogP contribution in [0.2, 0.25) is 0 Å². The lowest BCUT2D eigenvalue weighted by atomic mass is 9.74. The fourth-order valence-corrected chi connectivity index (χ4v) is 4.74. The number of methoxy groups -OCH3 is 1. The molecule has 11 heteroatoms. The Hall–Kier alpha value is -2.69. The standard InChI is InChI=1S/C21H26F3N5O3/c1-12-11-29(18(30)19(2,31)21(22,23)24)9-6-14(12)20(7-8-20)17-26-16(27-28-17)13-4-5-15(32-3)25-10-13/h4-5,10,12,14,31H,6-9,11H2,1-3H3,(H,26,27,28)/t12-,14+,19-/m1/s1. The minimum atomic E-state index is -5.02. The van der Waals surface area contributed by atoms with Crippen LogP contribution in [-0.2, 0) is 10.2 Å². The number of rotatable bonds is 5. The summed E-state index contributed by atoms with van der Waals surface area (Å²) in [6.07, 6.45) is -1.07. The Morgan fingerprint density at radius 1 is 1.34 bits per heavy atom. The van der Waals surface area contributed by atoms with Gasteiger partial charge in [-0.15, -0.1) is 0 Å². The van der Waals surface area contributed by atoms with Crippen LogP contribution in [0.5, 0.6) is 5.88 Å². The van der Waals surface area contributed by atoms with Crippen molar-refractivity contribution in [1.82, 2.24) is 25.1 Å². The summed E-state index contributed by atoms with van der Waals surface area (Å²) in [4.78, 5) is 22.4. The van der Waals surface area contributed by atoms with Gasteiger partial charge in [-0.2, -0.15) is 18.3 Å². The lowest BCUT2D eigenvalue weighted by molar-refractivity contribution is -0.251. The van der Waals surface area contributed by atoms with Crippen molar-refractivity contribution >= 4 is 5.91 Å². The Bertz CT molecular complexity index is 985. The van der Waals surface area contributed by atoms with Gasteiger partial charge in [0.1, 0.15) is 5.82 Å². The molecular formula is C21H26F3N5O3. The number of halogens is 3. The molecule has 2 fully saturated rings. The van der Waals surface area contributed by atoms with E-state index < -0.39 is 17.7 Å². The minimum absolute atomic E-state index is 0.0598. The molecule has 2 aliphatic rings. The van der Waals surface area contributed by atoms with Gasteiger partial charge in [-0.25, -0.2) is 9.97 Å². The third-order valence-corrected chi connectivity index (χ3v) is 6.82. The van der Waals surface area contributed by atoms with Crippen molar-refractivity contribution in [3.8, 4) is 17.3 Å². The molecule has 8 nitrogen and oxygen atoms in total. The van der Waals surface area contributed by atoms with Gasteiger partial charge in [0.25, 0.3) is 5.91 Å². The highest BCUT2D eigenvalue weighted by molar-refractivity contribution is 5.85. The van der Waals surface area contributed by atoms with Crippen molar-refractivity contribution in [3.63, 3.8) is 0 Å². The lowest BCUT2D eigenvalue weighted by Crippen LogP contribution is -2.59. The number of ether oxygens (including phenoxy) is 1. The first-order valence-corrected chi connectivity index (χ1v) is 10.5. The predicted molar refractivity (Wildman–Crippen MR) is 108 cm³/mol. The number of piperidine rings is 1. The van der Waals surface area contributed by atoms with Crippen LogP contribution in [0.1, 0.15) is 38.9 Å². The van der Waals surface area contributed by atoms with E-state index >= 15 is 0 Å². The number of alkyl halides is 3. The highest BCUT2D eigenvalue weighted by atomic mass is 19.4. The zero-order valence-electron chi connectivity index (χ0n) is 18.1. The monoisotopic (exact) mass is 453 g/mol. The summed E-state index contributed by atoms with van der Waals surface area (Å²) in [5, 5.41) is 17.1. The summed E-state index contributed by atoms with van der Waals surface area (Å²) in [5.41, 5.74) is -2.87. The van der Waals surface area contributed by atoms with Crippen molar-refractivity contribution in [3.05, 3.63) is 24.2 Å². The first kappa shape index (κ1) is 22.5. The van der Waals surface area contributed by atoms with Crippen LogP contribution in [0.4, 0.5) is 13.2 Å². The molecule has 1 saturated heterocycles. The Kier molecular flexibility index (Phi) is 5.43. The predicted octanol–water partition coefficient (Wildman–Crippen LogP) is 2.70. The van der Waals surface area contributed by atoms with Crippen LogP contribution in [0.3, 0.4) is 0 Å². The van der Waals surface area contributed by atoms with Gasteiger partial charge in [-0.05, 0) is 44.1 Å². The molecule has 1 saturated carbocycles. The quantitative estimate of drug-likeness (QED) is 0.722. The summed E-state index contributed by atoms with van der Waals surface area (Å²) in [6.45, 7) is 2.75. The summed E-state index contributed by atoms with van der Waals surface area (Å²) >= 11 is 0. The molecule has 0 aromatic carbocycles. The highest BCUT2D eigenvalue weighted by Crippen LogP contribution is 2.57. The molecule has 4 rings (SSSR count). The van der Waals surface area contributed by atoms with E-state index in [1.165, 1.54) is 7.11 Å². The van der Waals surface area contributed by atoms with Gasteiger partial charge in [-0.3, -0.25) is 9.89 Å². The van der Waals surface area contributed by atoms with E-state index in [9.17, 15) is 23.1 Å². The van der Waals surface area contributed by atoms with E-state index in [1.54, 1.807) is 12.3 Å². The zero-order valence-corrected chi connectivity index (χ0v) is 18.1. The smallest absolute Gasteiger partial charge is 0.426 e. The fraction of sp³-hybridized carbons (Fsp3) is 0.619. The van der Waals surface area contributed by atoms with Crippen LogP contribution in [0, 0.1) is 11.8 Å². The van der Waals surface area contributed by atoms with Gasteiger partial charge in [0.05, 0.1) is 7.11 Å². The Morgan fingerprint density at radius 2 is 2.06 bits per heavy atom. The lowest BCUT2D eigenvalue weighted by Gasteiger charge is -2.42. The van der Waals surface area contributed by atoms with E-state index in [1.807, 2.05) is 13.0 Å². The molecule has 0 radical (unpaired) electrons. The summed E-state index contributed by atoms with van der Waals surface area (Å²) in [5.74, 6) is 0.537. The fourth-order valence-electron chi connectivity index (χ4n) is 4.74. The number of H-pyrrole nitrogens is 1. The second-order valence-electron chi connectivity index (χ2n) is 8.95. The molecule has 0 spiro atoms. The Morgan fingerprint density at radius 3 is 2.59 bits per heavy atom. The largest absolute Gasteiger partial charge is 0.481 e. The maximum atomic E-state index is 13.1. The molecule has 1 aliphatic heterocycles. The van der Waals surface area contributed by atoms with E-state index in [0.29, 0.717) is 25.0 Å². The third-order valence-electron chi connectivity index (χ3n) is 6.82. The molecule has 3 atom stereocenters. The number of carbonyl (C=O) groups is 1. The van der Waals surface area contributed by atoms with Crippen LogP contribution < -0.4 is 4.74 Å². The number of aliphatic hydroxyl groups is 1. The average Bonchev–Trinajstić information content (AvgIpc) is 3.40. The highest BCUT2D eigenvalue weighted by Gasteiger charge is 2.59. The van der Waals surface area contributed by atoms with Crippen molar-refractivity contribution in [1.29, 1.82) is 0 Å². The number of hydrogen-bond donors (Lipinski definition) is 2. The van der Waals surface area contributed by atoms with Crippen LogP contribution >= 0.6 is 0 Å². The number of aromatic nitrogens is 4. The van der Waals surface area contributed by atoms with Crippen molar-refractivity contribution < 1.29 is 27.8 Å². The molecular weight excluding hydrogens is 427 g/mol. The molecule has 2 aromatic heterocycles. The van der Waals surface area contributed by atoms with Gasteiger partial charge in [0.15, 0.2) is 5.82 Å². The molecule has 1 amide bonds. The zero-order chi connectivity index (χ0) is 23.3. The van der Waals surface area contributed by atoms with Crippen molar-refractivity contribution in [2.75, 3.05) is 20.2 Å². The normalized spacial score (nSPS) is 24.7. The molecule has 0 bridgehead atoms. The molecule has 2 N–H and O–H groups in total. The van der Waals surface area contributed by atoms with Crippen LogP contribution in [0.25, 0.3) is 11.4 Å². The molecule has 3 heterocycles. The number of carbonyl (C=O) groups excluding carboxylic acids is 1. The van der Waals surface area contributed by atoms with Crippen molar-refractivity contribution in [2.45, 2.75) is 50.3 Å². The molecule has 174 valence electrons. The summed E-state index contributed by atoms with van der Waals surface area (Å²) < 4.78 is 44.3. The maximum absolute atomic E-state index is 13.1. The molecule has 2 aromatic rings. The topological polar surface area (TPSA) is 104 Å². The van der Waals surface area contributed by atoms with E-state index in [4.69, 9.17) is 4.74 Å². The number of amides is 1. The number of likely N-dealkylation sites (tertiary alicyclic amines) is 1. The average molecular weight is 453 g/mol. The third kappa shape index (κ3) is 3.72. The van der Waals surface area contributed by atoms with Gasteiger partial charge in [0, 0.05) is 36.3 Å². The molecule has 1 aliphatic carbocycles. The number of hydrogen-bond acceptors (Lipinski definition) is 6. The number of pyridine rings is 1. The summed E-state index contributed by atoms with van der Waals surface area (Å²) in [7, 11) is 1.54. The Labute approximate surface area is 183 Å². The van der Waals surface area contributed by atoms with Crippen LogP contribution in [0.15, 0.2) is 18.3 Å². The van der Waals surface area contributed by atoms with E-state index in [-0.39, 0.29) is 30.3 Å². The Balaban J connectivity index is 1.48.